The molecule has 2 aromatic heterocycles. The second kappa shape index (κ2) is 6.68. The van der Waals surface area contributed by atoms with E-state index in [-0.39, 0.29) is 0 Å². The number of aromatic nitrogens is 2. The van der Waals surface area contributed by atoms with Gasteiger partial charge in [0.2, 0.25) is 0 Å². The predicted octanol–water partition coefficient (Wildman–Crippen LogP) is 4.97. The molecule has 0 atom stereocenters. The standard InChI is InChI=1S/C23H23N3/c1-17-8-7-11-22-24-23(19-9-5-4-6-10-19)21(26(17)22)16-18-12-14-20(15-13-18)25(2)3/h4-15H,16H2,1-3H3. The van der Waals surface area contributed by atoms with Crippen LogP contribution in [0.2, 0.25) is 0 Å². The van der Waals surface area contributed by atoms with Crippen molar-refractivity contribution in [2.75, 3.05) is 19.0 Å². The molecule has 4 rings (SSSR count). The van der Waals surface area contributed by atoms with Crippen LogP contribution in [0.15, 0.2) is 72.8 Å². The summed E-state index contributed by atoms with van der Waals surface area (Å²) >= 11 is 0. The van der Waals surface area contributed by atoms with Crippen molar-refractivity contribution >= 4 is 11.3 Å². The predicted molar refractivity (Wildman–Crippen MR) is 109 cm³/mol. The monoisotopic (exact) mass is 341 g/mol. The first-order valence-corrected chi connectivity index (χ1v) is 8.92. The zero-order valence-electron chi connectivity index (χ0n) is 15.5. The summed E-state index contributed by atoms with van der Waals surface area (Å²) in [5, 5.41) is 0. The van der Waals surface area contributed by atoms with Crippen LogP contribution in [0.4, 0.5) is 5.69 Å². The number of benzene rings is 2. The van der Waals surface area contributed by atoms with Crippen molar-refractivity contribution in [3.05, 3.63) is 89.7 Å². The first kappa shape index (κ1) is 16.4. The van der Waals surface area contributed by atoms with Gasteiger partial charge in [-0.25, -0.2) is 4.98 Å². The van der Waals surface area contributed by atoms with Crippen LogP contribution in [0.25, 0.3) is 16.9 Å². The van der Waals surface area contributed by atoms with Crippen LogP contribution in [0.3, 0.4) is 0 Å². The number of rotatable bonds is 4. The zero-order chi connectivity index (χ0) is 18.1. The molecule has 0 fully saturated rings. The van der Waals surface area contributed by atoms with Gasteiger partial charge in [0.05, 0.1) is 11.4 Å². The Morgan fingerprint density at radius 1 is 0.846 bits per heavy atom. The normalized spacial score (nSPS) is 11.0. The summed E-state index contributed by atoms with van der Waals surface area (Å²) in [4.78, 5) is 7.06. The van der Waals surface area contributed by atoms with Crippen molar-refractivity contribution in [3.63, 3.8) is 0 Å². The van der Waals surface area contributed by atoms with Crippen LogP contribution >= 0.6 is 0 Å². The molecule has 0 aliphatic heterocycles. The Balaban J connectivity index is 1.84. The van der Waals surface area contributed by atoms with Gasteiger partial charge in [0.25, 0.3) is 0 Å². The number of pyridine rings is 1. The molecule has 3 heteroatoms. The molecule has 26 heavy (non-hydrogen) atoms. The van der Waals surface area contributed by atoms with Gasteiger partial charge in [-0.15, -0.1) is 0 Å². The van der Waals surface area contributed by atoms with E-state index in [2.05, 4.69) is 97.0 Å². The highest BCUT2D eigenvalue weighted by atomic mass is 15.1. The lowest BCUT2D eigenvalue weighted by molar-refractivity contribution is 0.984. The largest absolute Gasteiger partial charge is 0.378 e. The molecule has 0 saturated carbocycles. The zero-order valence-corrected chi connectivity index (χ0v) is 15.5. The summed E-state index contributed by atoms with van der Waals surface area (Å²) in [5.41, 5.74) is 8.18. The van der Waals surface area contributed by atoms with Crippen molar-refractivity contribution in [1.82, 2.24) is 9.38 Å². The quantitative estimate of drug-likeness (QED) is 0.522. The first-order chi connectivity index (χ1) is 12.6. The van der Waals surface area contributed by atoms with E-state index >= 15 is 0 Å². The molecule has 2 aromatic carbocycles. The van der Waals surface area contributed by atoms with Gasteiger partial charge in [-0.05, 0) is 36.8 Å². The topological polar surface area (TPSA) is 20.5 Å². The molecule has 0 aliphatic rings. The van der Waals surface area contributed by atoms with Crippen LogP contribution in [0.5, 0.6) is 0 Å². The van der Waals surface area contributed by atoms with Crippen molar-refractivity contribution < 1.29 is 0 Å². The lowest BCUT2D eigenvalue weighted by Crippen LogP contribution is -2.08. The Morgan fingerprint density at radius 2 is 1.58 bits per heavy atom. The third-order valence-corrected chi connectivity index (χ3v) is 4.81. The number of hydrogen-bond donors (Lipinski definition) is 0. The highest BCUT2D eigenvalue weighted by molar-refractivity contribution is 5.67. The Kier molecular flexibility index (Phi) is 4.21. The molecule has 0 saturated heterocycles. The molecule has 0 spiro atoms. The second-order valence-electron chi connectivity index (χ2n) is 6.87. The molecule has 130 valence electrons. The van der Waals surface area contributed by atoms with Crippen LogP contribution in [0, 0.1) is 6.92 Å². The average Bonchev–Trinajstić information content (AvgIpc) is 3.03. The highest BCUT2D eigenvalue weighted by Gasteiger charge is 2.15. The van der Waals surface area contributed by atoms with Gasteiger partial charge in [0.1, 0.15) is 5.65 Å². The van der Waals surface area contributed by atoms with Gasteiger partial charge in [0, 0.05) is 37.5 Å². The number of hydrogen-bond acceptors (Lipinski definition) is 2. The van der Waals surface area contributed by atoms with Crippen molar-refractivity contribution in [1.29, 1.82) is 0 Å². The van der Waals surface area contributed by atoms with Crippen molar-refractivity contribution in [2.24, 2.45) is 0 Å². The number of nitrogens with zero attached hydrogens (tertiary/aromatic N) is 3. The second-order valence-corrected chi connectivity index (χ2v) is 6.87. The van der Waals surface area contributed by atoms with Crippen LogP contribution in [0.1, 0.15) is 17.0 Å². The molecule has 0 N–H and O–H groups in total. The maximum absolute atomic E-state index is 4.94. The summed E-state index contributed by atoms with van der Waals surface area (Å²) in [7, 11) is 4.13. The smallest absolute Gasteiger partial charge is 0.137 e. The molecule has 0 bridgehead atoms. The number of anilines is 1. The molecule has 3 nitrogen and oxygen atoms in total. The Morgan fingerprint density at radius 3 is 2.27 bits per heavy atom. The van der Waals surface area contributed by atoms with E-state index in [0.717, 1.165) is 23.3 Å². The average molecular weight is 341 g/mol. The Hall–Kier alpha value is -3.07. The van der Waals surface area contributed by atoms with Crippen molar-refractivity contribution in [3.8, 4) is 11.3 Å². The third kappa shape index (κ3) is 2.97. The van der Waals surface area contributed by atoms with Crippen molar-refractivity contribution in [2.45, 2.75) is 13.3 Å². The lowest BCUT2D eigenvalue weighted by atomic mass is 10.0. The van der Waals surface area contributed by atoms with Gasteiger partial charge in [-0.2, -0.15) is 0 Å². The van der Waals surface area contributed by atoms with Gasteiger partial charge in [0.15, 0.2) is 0 Å². The molecule has 0 radical (unpaired) electrons. The van der Waals surface area contributed by atoms with E-state index in [1.54, 1.807) is 0 Å². The SMILES string of the molecule is Cc1cccc2nc(-c3ccccc3)c(Cc3ccc(N(C)C)cc3)n12. The summed E-state index contributed by atoms with van der Waals surface area (Å²) in [6.45, 7) is 2.14. The Bertz CT molecular complexity index is 1030. The van der Waals surface area contributed by atoms with E-state index < -0.39 is 0 Å². The minimum atomic E-state index is 0.851. The number of aryl methyl sites for hydroxylation is 1. The van der Waals surface area contributed by atoms with Gasteiger partial charge in [-0.1, -0.05) is 48.5 Å². The number of fused-ring (bicyclic) bond motifs is 1. The van der Waals surface area contributed by atoms with E-state index in [1.165, 1.54) is 22.6 Å². The summed E-state index contributed by atoms with van der Waals surface area (Å²) in [6, 6.07) is 25.5. The van der Waals surface area contributed by atoms with E-state index in [4.69, 9.17) is 4.98 Å². The maximum Gasteiger partial charge on any atom is 0.137 e. The van der Waals surface area contributed by atoms with Gasteiger partial charge < -0.3 is 9.30 Å². The summed E-state index contributed by atoms with van der Waals surface area (Å²) < 4.78 is 2.28. The third-order valence-electron chi connectivity index (χ3n) is 4.81. The molecular formula is C23H23N3. The number of imidazole rings is 1. The van der Waals surface area contributed by atoms with Crippen LogP contribution in [-0.4, -0.2) is 23.5 Å². The van der Waals surface area contributed by atoms with E-state index in [9.17, 15) is 0 Å². The van der Waals surface area contributed by atoms with Gasteiger partial charge >= 0.3 is 0 Å². The van der Waals surface area contributed by atoms with E-state index in [1.807, 2.05) is 6.07 Å². The van der Waals surface area contributed by atoms with Gasteiger partial charge in [-0.3, -0.25) is 0 Å². The lowest BCUT2D eigenvalue weighted by Gasteiger charge is -2.13. The molecular weight excluding hydrogens is 318 g/mol. The fourth-order valence-electron chi connectivity index (χ4n) is 3.42. The molecule has 0 unspecified atom stereocenters. The highest BCUT2D eigenvalue weighted by Crippen LogP contribution is 2.28. The molecule has 0 amide bonds. The van der Waals surface area contributed by atoms with Crippen LogP contribution < -0.4 is 4.90 Å². The molecule has 0 aliphatic carbocycles. The minimum absolute atomic E-state index is 0.851. The maximum atomic E-state index is 4.94. The fourth-order valence-corrected chi connectivity index (χ4v) is 3.42. The molecule has 2 heterocycles. The Labute approximate surface area is 154 Å². The molecule has 4 aromatic rings. The van der Waals surface area contributed by atoms with E-state index in [0.29, 0.717) is 0 Å². The fraction of sp³-hybridized carbons (Fsp3) is 0.174. The summed E-state index contributed by atoms with van der Waals surface area (Å²) in [6.07, 6.45) is 0.851. The minimum Gasteiger partial charge on any atom is -0.378 e. The summed E-state index contributed by atoms with van der Waals surface area (Å²) in [5.74, 6) is 0. The van der Waals surface area contributed by atoms with Crippen LogP contribution in [-0.2, 0) is 6.42 Å². The first-order valence-electron chi connectivity index (χ1n) is 8.92.